The Kier molecular flexibility index (Phi) is 3.41. The lowest BCUT2D eigenvalue weighted by molar-refractivity contribution is 0.921. The SMILES string of the molecule is N#CC(C#N)=C1CCN(c2ccccc2)c2ccccc21. The van der Waals surface area contributed by atoms with E-state index in [0.717, 1.165) is 29.1 Å². The van der Waals surface area contributed by atoms with Crippen LogP contribution in [0.2, 0.25) is 0 Å². The average Bonchev–Trinajstić information content (AvgIpc) is 2.57. The van der Waals surface area contributed by atoms with E-state index in [9.17, 15) is 0 Å². The number of fused-ring (bicyclic) bond motifs is 1. The molecule has 0 saturated carbocycles. The summed E-state index contributed by atoms with van der Waals surface area (Å²) in [5, 5.41) is 18.3. The van der Waals surface area contributed by atoms with Crippen molar-refractivity contribution in [3.05, 3.63) is 65.7 Å². The first-order chi connectivity index (χ1) is 10.3. The molecule has 0 bridgehead atoms. The Bertz CT molecular complexity index is 760. The van der Waals surface area contributed by atoms with Gasteiger partial charge in [-0.05, 0) is 30.2 Å². The Hall–Kier alpha value is -3.04. The van der Waals surface area contributed by atoms with Crippen molar-refractivity contribution in [2.45, 2.75) is 6.42 Å². The highest BCUT2D eigenvalue weighted by atomic mass is 15.1. The van der Waals surface area contributed by atoms with E-state index in [2.05, 4.69) is 17.0 Å². The maximum absolute atomic E-state index is 9.14. The van der Waals surface area contributed by atoms with E-state index >= 15 is 0 Å². The van der Waals surface area contributed by atoms with Crippen molar-refractivity contribution in [1.29, 1.82) is 10.5 Å². The molecule has 0 N–H and O–H groups in total. The molecule has 0 atom stereocenters. The van der Waals surface area contributed by atoms with Crippen molar-refractivity contribution >= 4 is 16.9 Å². The lowest BCUT2D eigenvalue weighted by atomic mass is 9.92. The third-order valence-corrected chi connectivity index (χ3v) is 3.70. The first-order valence-corrected chi connectivity index (χ1v) is 6.80. The zero-order chi connectivity index (χ0) is 14.7. The largest absolute Gasteiger partial charge is 0.341 e. The summed E-state index contributed by atoms with van der Waals surface area (Å²) in [5.74, 6) is 0. The highest BCUT2D eigenvalue weighted by molar-refractivity contribution is 5.87. The molecular weight excluding hydrogens is 258 g/mol. The monoisotopic (exact) mass is 271 g/mol. The van der Waals surface area contributed by atoms with E-state index in [-0.39, 0.29) is 5.57 Å². The third kappa shape index (κ3) is 2.26. The van der Waals surface area contributed by atoms with Gasteiger partial charge in [-0.15, -0.1) is 0 Å². The van der Waals surface area contributed by atoms with Crippen molar-refractivity contribution in [3.8, 4) is 12.1 Å². The van der Waals surface area contributed by atoms with Gasteiger partial charge in [0.05, 0.1) is 0 Å². The number of para-hydroxylation sites is 2. The second kappa shape index (κ2) is 5.53. The number of benzene rings is 2. The van der Waals surface area contributed by atoms with Crippen LogP contribution < -0.4 is 4.90 Å². The quantitative estimate of drug-likeness (QED) is 0.736. The lowest BCUT2D eigenvalue weighted by Crippen LogP contribution is -2.24. The maximum Gasteiger partial charge on any atom is 0.133 e. The first kappa shape index (κ1) is 13.0. The molecule has 1 aliphatic heterocycles. The molecule has 0 fully saturated rings. The molecule has 0 amide bonds. The summed E-state index contributed by atoms with van der Waals surface area (Å²) in [6.07, 6.45) is 0.697. The fraction of sp³-hybridized carbons (Fsp3) is 0.111. The van der Waals surface area contributed by atoms with Crippen molar-refractivity contribution in [3.63, 3.8) is 0 Å². The van der Waals surface area contributed by atoms with Gasteiger partial charge in [0.25, 0.3) is 0 Å². The average molecular weight is 271 g/mol. The number of anilines is 2. The van der Waals surface area contributed by atoms with Crippen molar-refractivity contribution < 1.29 is 0 Å². The molecule has 1 heterocycles. The Morgan fingerprint density at radius 3 is 2.29 bits per heavy atom. The number of nitriles is 2. The first-order valence-electron chi connectivity index (χ1n) is 6.80. The van der Waals surface area contributed by atoms with E-state index in [4.69, 9.17) is 10.5 Å². The van der Waals surface area contributed by atoms with E-state index in [0.29, 0.717) is 6.42 Å². The third-order valence-electron chi connectivity index (χ3n) is 3.70. The van der Waals surface area contributed by atoms with E-state index < -0.39 is 0 Å². The molecule has 0 aliphatic carbocycles. The molecule has 0 spiro atoms. The van der Waals surface area contributed by atoms with Gasteiger partial charge in [-0.2, -0.15) is 10.5 Å². The predicted octanol–water partition coefficient (Wildman–Crippen LogP) is 4.03. The van der Waals surface area contributed by atoms with Gasteiger partial charge in [-0.1, -0.05) is 36.4 Å². The molecule has 1 aliphatic rings. The second-order valence-corrected chi connectivity index (χ2v) is 4.83. The van der Waals surface area contributed by atoms with Crippen molar-refractivity contribution in [2.24, 2.45) is 0 Å². The topological polar surface area (TPSA) is 50.8 Å². The van der Waals surface area contributed by atoms with E-state index in [1.807, 2.05) is 54.6 Å². The maximum atomic E-state index is 9.14. The standard InChI is InChI=1S/C18H13N3/c19-12-14(13-20)16-10-11-21(15-6-2-1-3-7-15)18-9-5-4-8-17(16)18/h1-9H,10-11H2. The van der Waals surface area contributed by atoms with Crippen LogP contribution in [0.1, 0.15) is 12.0 Å². The van der Waals surface area contributed by atoms with Crippen LogP contribution in [-0.4, -0.2) is 6.54 Å². The number of nitrogens with zero attached hydrogens (tertiary/aromatic N) is 3. The summed E-state index contributed by atoms with van der Waals surface area (Å²) in [4.78, 5) is 2.23. The van der Waals surface area contributed by atoms with Crippen LogP contribution >= 0.6 is 0 Å². The molecule has 0 radical (unpaired) electrons. The summed E-state index contributed by atoms with van der Waals surface area (Å²) in [6, 6.07) is 22.1. The van der Waals surface area contributed by atoms with Crippen LogP contribution in [0.25, 0.3) is 5.57 Å². The van der Waals surface area contributed by atoms with Crippen LogP contribution in [0.4, 0.5) is 11.4 Å². The van der Waals surface area contributed by atoms with Crippen molar-refractivity contribution in [1.82, 2.24) is 0 Å². The molecule has 3 nitrogen and oxygen atoms in total. The summed E-state index contributed by atoms with van der Waals surface area (Å²) in [6.45, 7) is 0.767. The molecule has 100 valence electrons. The minimum atomic E-state index is 0.218. The Labute approximate surface area is 124 Å². The van der Waals surface area contributed by atoms with Crippen LogP contribution in [0.3, 0.4) is 0 Å². The van der Waals surface area contributed by atoms with Crippen LogP contribution in [0.15, 0.2) is 60.2 Å². The van der Waals surface area contributed by atoms with Gasteiger partial charge >= 0.3 is 0 Å². The number of hydrogen-bond donors (Lipinski definition) is 0. The molecule has 0 unspecified atom stereocenters. The number of hydrogen-bond acceptors (Lipinski definition) is 3. The summed E-state index contributed by atoms with van der Waals surface area (Å²) >= 11 is 0. The summed E-state index contributed by atoms with van der Waals surface area (Å²) in [5.41, 5.74) is 4.22. The molecule has 2 aromatic rings. The van der Waals surface area contributed by atoms with Gasteiger partial charge in [-0.25, -0.2) is 0 Å². The number of allylic oxidation sites excluding steroid dienone is 1. The molecule has 0 aromatic heterocycles. The minimum absolute atomic E-state index is 0.218. The van der Waals surface area contributed by atoms with Gasteiger partial charge in [0.1, 0.15) is 17.7 Å². The Balaban J connectivity index is 2.16. The van der Waals surface area contributed by atoms with Crippen LogP contribution in [-0.2, 0) is 0 Å². The highest BCUT2D eigenvalue weighted by Crippen LogP contribution is 2.39. The molecule has 3 rings (SSSR count). The molecule has 3 heteroatoms. The van der Waals surface area contributed by atoms with Gasteiger partial charge in [0.2, 0.25) is 0 Å². The number of rotatable bonds is 1. The van der Waals surface area contributed by atoms with Gasteiger partial charge in [0, 0.05) is 23.5 Å². The second-order valence-electron chi connectivity index (χ2n) is 4.83. The van der Waals surface area contributed by atoms with Crippen LogP contribution in [0, 0.1) is 22.7 Å². The zero-order valence-corrected chi connectivity index (χ0v) is 11.5. The Morgan fingerprint density at radius 1 is 0.905 bits per heavy atom. The fourth-order valence-electron chi connectivity index (χ4n) is 2.74. The highest BCUT2D eigenvalue weighted by Gasteiger charge is 2.23. The van der Waals surface area contributed by atoms with Gasteiger partial charge < -0.3 is 4.90 Å². The fourth-order valence-corrected chi connectivity index (χ4v) is 2.74. The van der Waals surface area contributed by atoms with Gasteiger partial charge in [0.15, 0.2) is 0 Å². The van der Waals surface area contributed by atoms with E-state index in [1.54, 1.807) is 0 Å². The smallest absolute Gasteiger partial charge is 0.133 e. The summed E-state index contributed by atoms with van der Waals surface area (Å²) < 4.78 is 0. The normalized spacial score (nSPS) is 13.0. The molecule has 0 saturated heterocycles. The molecular formula is C18H13N3. The van der Waals surface area contributed by atoms with E-state index in [1.165, 1.54) is 0 Å². The van der Waals surface area contributed by atoms with Gasteiger partial charge in [-0.3, -0.25) is 0 Å². The van der Waals surface area contributed by atoms with Crippen LogP contribution in [0.5, 0.6) is 0 Å². The summed E-state index contributed by atoms with van der Waals surface area (Å²) in [7, 11) is 0. The molecule has 2 aromatic carbocycles. The lowest BCUT2D eigenvalue weighted by Gasteiger charge is -2.32. The minimum Gasteiger partial charge on any atom is -0.341 e. The van der Waals surface area contributed by atoms with Crippen molar-refractivity contribution in [2.75, 3.05) is 11.4 Å². The Morgan fingerprint density at radius 2 is 1.57 bits per heavy atom. The molecule has 21 heavy (non-hydrogen) atoms. The predicted molar refractivity (Wildman–Crippen MR) is 82.7 cm³/mol. The zero-order valence-electron chi connectivity index (χ0n) is 11.5.